The van der Waals surface area contributed by atoms with Gasteiger partial charge in [0.05, 0.1) is 0 Å². The molecule has 0 unspecified atom stereocenters. The third-order valence-electron chi connectivity index (χ3n) is 3.54. The molecule has 0 atom stereocenters. The highest BCUT2D eigenvalue weighted by molar-refractivity contribution is 5.65. The van der Waals surface area contributed by atoms with E-state index in [4.69, 9.17) is 2.74 Å². The summed E-state index contributed by atoms with van der Waals surface area (Å²) >= 11 is 0. The SMILES string of the molecule is [2H]C1([2H])Cc2cc[n+](C)c(-c3ccccc3C)c2C1. The lowest BCUT2D eigenvalue weighted by Crippen LogP contribution is -2.32. The quantitative estimate of drug-likeness (QED) is 0.658. The molecule has 0 fully saturated rings. The molecule has 1 nitrogen and oxygen atoms in total. The van der Waals surface area contributed by atoms with Crippen molar-refractivity contribution < 1.29 is 7.31 Å². The van der Waals surface area contributed by atoms with Gasteiger partial charge in [-0.3, -0.25) is 0 Å². The molecule has 86 valence electrons. The van der Waals surface area contributed by atoms with E-state index in [1.165, 1.54) is 16.7 Å². The second-order valence-corrected chi connectivity index (χ2v) is 4.70. The number of rotatable bonds is 1. The molecule has 1 heteroatoms. The van der Waals surface area contributed by atoms with E-state index in [2.05, 4.69) is 29.7 Å². The Morgan fingerprint density at radius 2 is 2.00 bits per heavy atom. The number of hydrogen-bond acceptors (Lipinski definition) is 0. The van der Waals surface area contributed by atoms with Gasteiger partial charge in [-0.05, 0) is 43.3 Å². The molecule has 0 aliphatic heterocycles. The Balaban J connectivity index is 2.24. The monoisotopic (exact) mass is 226 g/mol. The number of aryl methyl sites for hydroxylation is 3. The molecule has 1 heterocycles. The van der Waals surface area contributed by atoms with Crippen molar-refractivity contribution in [3.05, 3.63) is 53.2 Å². The molecule has 2 aromatic rings. The first kappa shape index (κ1) is 8.46. The Morgan fingerprint density at radius 3 is 2.82 bits per heavy atom. The van der Waals surface area contributed by atoms with E-state index in [1.807, 2.05) is 25.4 Å². The van der Waals surface area contributed by atoms with Gasteiger partial charge in [0.1, 0.15) is 7.05 Å². The molecule has 17 heavy (non-hydrogen) atoms. The van der Waals surface area contributed by atoms with Crippen LogP contribution in [-0.2, 0) is 19.9 Å². The van der Waals surface area contributed by atoms with Crippen molar-refractivity contribution in [3.8, 4) is 11.3 Å². The van der Waals surface area contributed by atoms with E-state index in [0.29, 0.717) is 12.8 Å². The first-order valence-corrected chi connectivity index (χ1v) is 6.04. The minimum atomic E-state index is -1.10. The van der Waals surface area contributed by atoms with E-state index in [0.717, 1.165) is 11.3 Å². The predicted molar refractivity (Wildman–Crippen MR) is 69.8 cm³/mol. The summed E-state index contributed by atoms with van der Waals surface area (Å²) in [4.78, 5) is 0. The molecule has 3 rings (SSSR count). The topological polar surface area (TPSA) is 3.88 Å². The summed E-state index contributed by atoms with van der Waals surface area (Å²) in [6, 6.07) is 10.4. The van der Waals surface area contributed by atoms with E-state index in [1.54, 1.807) is 0 Å². The minimum absolute atomic E-state index is 0.515. The highest BCUT2D eigenvalue weighted by Gasteiger charge is 2.23. The molecule has 0 spiro atoms. The Labute approximate surface area is 106 Å². The van der Waals surface area contributed by atoms with Gasteiger partial charge in [0.15, 0.2) is 6.20 Å². The standard InChI is InChI=1S/C16H18N/c1-12-6-3-4-8-14(12)16-15-9-5-7-13(15)10-11-17(16)2/h3-4,6,8,10-11H,5,7,9H2,1-2H3/q+1/i5D2. The smallest absolute Gasteiger partial charge is 0.201 e. The summed E-state index contributed by atoms with van der Waals surface area (Å²) in [7, 11) is 2.04. The van der Waals surface area contributed by atoms with Crippen LogP contribution in [-0.4, -0.2) is 0 Å². The number of hydrogen-bond donors (Lipinski definition) is 0. The van der Waals surface area contributed by atoms with Gasteiger partial charge in [0.2, 0.25) is 5.69 Å². The van der Waals surface area contributed by atoms with Crippen molar-refractivity contribution in [2.45, 2.75) is 26.1 Å². The van der Waals surface area contributed by atoms with Crippen molar-refractivity contribution in [2.24, 2.45) is 7.05 Å². The molecule has 1 aromatic carbocycles. The second kappa shape index (κ2) is 3.99. The fraction of sp³-hybridized carbons (Fsp3) is 0.312. The maximum absolute atomic E-state index is 8.01. The van der Waals surface area contributed by atoms with Crippen LogP contribution in [0.3, 0.4) is 0 Å². The van der Waals surface area contributed by atoms with Crippen LogP contribution in [0.15, 0.2) is 36.5 Å². The molecule has 0 bridgehead atoms. The zero-order valence-electron chi connectivity index (χ0n) is 12.3. The first-order chi connectivity index (χ1) is 8.98. The van der Waals surface area contributed by atoms with Gasteiger partial charge < -0.3 is 0 Å². The number of fused-ring (bicyclic) bond motifs is 1. The average molecular weight is 226 g/mol. The van der Waals surface area contributed by atoms with Crippen LogP contribution in [0.25, 0.3) is 11.3 Å². The lowest BCUT2D eigenvalue weighted by atomic mass is 9.99. The second-order valence-electron chi connectivity index (χ2n) is 4.70. The predicted octanol–water partition coefficient (Wildman–Crippen LogP) is 2.98. The summed E-state index contributed by atoms with van der Waals surface area (Å²) < 4.78 is 18.1. The van der Waals surface area contributed by atoms with E-state index < -0.39 is 6.37 Å². The first-order valence-electron chi connectivity index (χ1n) is 7.04. The van der Waals surface area contributed by atoms with Crippen LogP contribution >= 0.6 is 0 Å². The molecule has 0 radical (unpaired) electrons. The molecule has 0 saturated carbocycles. The summed E-state index contributed by atoms with van der Waals surface area (Å²) in [5.41, 5.74) is 5.93. The third-order valence-corrected chi connectivity index (χ3v) is 3.54. The van der Waals surface area contributed by atoms with E-state index in [9.17, 15) is 0 Å². The highest BCUT2D eigenvalue weighted by Crippen LogP contribution is 2.30. The van der Waals surface area contributed by atoms with Crippen LogP contribution in [0.4, 0.5) is 0 Å². The highest BCUT2D eigenvalue weighted by atomic mass is 14.9. The molecule has 0 amide bonds. The number of nitrogens with zero attached hydrogens (tertiary/aromatic N) is 1. The molecular formula is C16H18N+. The fourth-order valence-electron chi connectivity index (χ4n) is 2.62. The Bertz CT molecular complexity index is 647. The van der Waals surface area contributed by atoms with Crippen LogP contribution in [0.5, 0.6) is 0 Å². The van der Waals surface area contributed by atoms with Gasteiger partial charge in [-0.25, -0.2) is 4.57 Å². The Kier molecular flexibility index (Phi) is 1.99. The molecule has 0 N–H and O–H groups in total. The maximum atomic E-state index is 8.01. The molecule has 1 aliphatic rings. The van der Waals surface area contributed by atoms with Crippen molar-refractivity contribution in [1.29, 1.82) is 0 Å². The summed E-state index contributed by atoms with van der Waals surface area (Å²) in [5, 5.41) is 0. The summed E-state index contributed by atoms with van der Waals surface area (Å²) in [6.07, 6.45) is 1.98. The van der Waals surface area contributed by atoms with Crippen LogP contribution in [0.2, 0.25) is 0 Å². The summed E-state index contributed by atoms with van der Waals surface area (Å²) in [5.74, 6) is 0. The van der Waals surface area contributed by atoms with Crippen LogP contribution in [0, 0.1) is 6.92 Å². The third kappa shape index (κ3) is 1.66. The fourth-order valence-corrected chi connectivity index (χ4v) is 2.62. The van der Waals surface area contributed by atoms with Gasteiger partial charge >= 0.3 is 0 Å². The van der Waals surface area contributed by atoms with Crippen molar-refractivity contribution in [3.63, 3.8) is 0 Å². The lowest BCUT2D eigenvalue weighted by Gasteiger charge is -2.08. The van der Waals surface area contributed by atoms with Crippen molar-refractivity contribution in [1.82, 2.24) is 0 Å². The Morgan fingerprint density at radius 1 is 1.18 bits per heavy atom. The van der Waals surface area contributed by atoms with Crippen LogP contribution in [0.1, 0.15) is 25.8 Å². The summed E-state index contributed by atoms with van der Waals surface area (Å²) in [6.45, 7) is 2.11. The number of benzene rings is 1. The number of pyridine rings is 1. The van der Waals surface area contributed by atoms with Crippen molar-refractivity contribution in [2.75, 3.05) is 0 Å². The average Bonchev–Trinajstić information content (AvgIpc) is 2.65. The molecule has 1 aromatic heterocycles. The normalized spacial score (nSPS) is 18.5. The van der Waals surface area contributed by atoms with Crippen LogP contribution < -0.4 is 4.57 Å². The largest absolute Gasteiger partial charge is 0.216 e. The number of aromatic nitrogens is 1. The van der Waals surface area contributed by atoms with Gasteiger partial charge in [-0.1, -0.05) is 18.2 Å². The lowest BCUT2D eigenvalue weighted by molar-refractivity contribution is -0.660. The minimum Gasteiger partial charge on any atom is -0.201 e. The molecule has 1 aliphatic carbocycles. The van der Waals surface area contributed by atoms with Gasteiger partial charge in [-0.15, -0.1) is 0 Å². The Hall–Kier alpha value is -1.63. The van der Waals surface area contributed by atoms with E-state index in [-0.39, 0.29) is 0 Å². The molecule has 0 saturated heterocycles. The van der Waals surface area contributed by atoms with Crippen molar-refractivity contribution >= 4 is 0 Å². The zero-order chi connectivity index (χ0) is 13.6. The molecular weight excluding hydrogens is 206 g/mol. The van der Waals surface area contributed by atoms with Gasteiger partial charge in [0, 0.05) is 19.9 Å². The van der Waals surface area contributed by atoms with Gasteiger partial charge in [0.25, 0.3) is 0 Å². The maximum Gasteiger partial charge on any atom is 0.216 e. The zero-order valence-corrected chi connectivity index (χ0v) is 10.3. The van der Waals surface area contributed by atoms with Gasteiger partial charge in [-0.2, -0.15) is 0 Å². The van der Waals surface area contributed by atoms with E-state index >= 15 is 0 Å².